The zero-order valence-electron chi connectivity index (χ0n) is 34.4. The highest BCUT2D eigenvalue weighted by molar-refractivity contribution is 6.16. The average molecular weight is 788 g/mol. The van der Waals surface area contributed by atoms with E-state index in [4.69, 9.17) is 0 Å². The van der Waals surface area contributed by atoms with E-state index in [0.717, 1.165) is 17.5 Å². The highest BCUT2D eigenvalue weighted by Crippen LogP contribution is 2.65. The largest absolute Gasteiger partial charge is 0.311 e. The zero-order chi connectivity index (χ0) is 40.3. The number of anilines is 6. The molecule has 0 spiro atoms. The smallest absolute Gasteiger partial charge is 0.0562 e. The second-order valence-electron chi connectivity index (χ2n) is 17.8. The molecule has 1 aromatic heterocycles. The van der Waals surface area contributed by atoms with E-state index in [2.05, 4.69) is 227 Å². The fourth-order valence-electron chi connectivity index (χ4n) is 12.5. The van der Waals surface area contributed by atoms with Gasteiger partial charge >= 0.3 is 0 Å². The van der Waals surface area contributed by atoms with E-state index in [9.17, 15) is 0 Å². The van der Waals surface area contributed by atoms with Gasteiger partial charge in [-0.15, -0.1) is 0 Å². The van der Waals surface area contributed by atoms with Crippen LogP contribution in [0.15, 0.2) is 212 Å². The zero-order valence-corrected chi connectivity index (χ0v) is 34.4. The summed E-state index contributed by atoms with van der Waals surface area (Å²) in [6.45, 7) is 0. The standard InChI is InChI=1S/C58H49N3/c1-5-16-47(17-6-1)59(48-18-7-2-8-19-48)51-32-28-43(29-33-51)58(45-37-41-36-42(39-45)40-46(58)38-41)44-30-34-52(35-31-44)60(49-20-9-3-10-21-49)55-26-15-27-56-57(55)53-24-13-14-25-54(53)61(56)50-22-11-4-12-23-50/h1-35,41-42,45-46H,36-40H2. The first kappa shape index (κ1) is 36.0. The summed E-state index contributed by atoms with van der Waals surface area (Å²) in [5.41, 5.74) is 13.6. The third-order valence-corrected chi connectivity index (χ3v) is 14.6. The van der Waals surface area contributed by atoms with Gasteiger partial charge < -0.3 is 14.4 Å². The Balaban J connectivity index is 0.995. The highest BCUT2D eigenvalue weighted by Gasteiger charge is 2.58. The molecule has 0 saturated heterocycles. The summed E-state index contributed by atoms with van der Waals surface area (Å²) in [5, 5.41) is 2.51. The van der Waals surface area contributed by atoms with Crippen molar-refractivity contribution >= 4 is 55.9 Å². The van der Waals surface area contributed by atoms with Gasteiger partial charge in [-0.05, 0) is 158 Å². The Morgan fingerprint density at radius 2 is 0.787 bits per heavy atom. The second kappa shape index (κ2) is 14.7. The first-order valence-electron chi connectivity index (χ1n) is 22.3. The van der Waals surface area contributed by atoms with Crippen molar-refractivity contribution in [1.82, 2.24) is 4.57 Å². The lowest BCUT2D eigenvalue weighted by molar-refractivity contribution is -0.0418. The van der Waals surface area contributed by atoms with Crippen LogP contribution in [0.4, 0.5) is 34.1 Å². The second-order valence-corrected chi connectivity index (χ2v) is 17.8. The summed E-state index contributed by atoms with van der Waals surface area (Å²) in [5.74, 6) is 3.02. The van der Waals surface area contributed by atoms with Crippen molar-refractivity contribution in [2.24, 2.45) is 23.7 Å². The van der Waals surface area contributed by atoms with Crippen molar-refractivity contribution in [2.75, 3.05) is 9.80 Å². The Morgan fingerprint density at radius 1 is 0.361 bits per heavy atom. The molecular formula is C58H49N3. The van der Waals surface area contributed by atoms with Gasteiger partial charge in [0.05, 0.1) is 16.7 Å². The molecule has 0 amide bonds. The van der Waals surface area contributed by atoms with Crippen molar-refractivity contribution in [3.05, 3.63) is 223 Å². The number of para-hydroxylation sites is 5. The maximum atomic E-state index is 2.51. The minimum absolute atomic E-state index is 0.0184. The molecule has 3 heteroatoms. The lowest BCUT2D eigenvalue weighted by Crippen LogP contribution is -2.56. The van der Waals surface area contributed by atoms with E-state index in [1.165, 1.54) is 99.2 Å². The molecule has 4 bridgehead atoms. The number of rotatable bonds is 9. The highest BCUT2D eigenvalue weighted by atomic mass is 15.2. The number of nitrogens with zero attached hydrogens (tertiary/aromatic N) is 3. The molecule has 1 heterocycles. The first-order valence-corrected chi connectivity index (χ1v) is 22.3. The van der Waals surface area contributed by atoms with Gasteiger partial charge in [-0.3, -0.25) is 0 Å². The summed E-state index contributed by atoms with van der Waals surface area (Å²) >= 11 is 0. The van der Waals surface area contributed by atoms with E-state index in [1.807, 2.05) is 0 Å². The molecule has 4 aliphatic rings. The lowest BCUT2D eigenvalue weighted by atomic mass is 9.42. The number of aromatic nitrogens is 1. The summed E-state index contributed by atoms with van der Waals surface area (Å²) in [6, 6.07) is 78.6. The molecule has 9 aromatic rings. The van der Waals surface area contributed by atoms with Gasteiger partial charge in [0.15, 0.2) is 0 Å². The number of hydrogen-bond donors (Lipinski definition) is 0. The van der Waals surface area contributed by atoms with Gasteiger partial charge in [0.2, 0.25) is 0 Å². The fourth-order valence-corrected chi connectivity index (χ4v) is 12.5. The van der Waals surface area contributed by atoms with E-state index < -0.39 is 0 Å². The van der Waals surface area contributed by atoms with Crippen LogP contribution in [0.1, 0.15) is 43.2 Å². The van der Waals surface area contributed by atoms with Crippen LogP contribution in [-0.4, -0.2) is 4.57 Å². The molecule has 0 N–H and O–H groups in total. The minimum Gasteiger partial charge on any atom is -0.311 e. The average Bonchev–Trinajstić information content (AvgIpc) is 3.66. The van der Waals surface area contributed by atoms with Gasteiger partial charge in [0.25, 0.3) is 0 Å². The SMILES string of the molecule is c1ccc(N(c2ccccc2)c2ccc(C3(c4ccc(N(c5ccccc5)c5cccc6c5c5ccccc5n6-c5ccccc5)cc4)C4CC5CC(C4)CC3C5)cc2)cc1. The molecule has 0 aliphatic heterocycles. The quantitative estimate of drug-likeness (QED) is 0.144. The van der Waals surface area contributed by atoms with Crippen molar-refractivity contribution in [3.63, 3.8) is 0 Å². The van der Waals surface area contributed by atoms with Crippen molar-refractivity contribution in [2.45, 2.75) is 37.5 Å². The number of hydrogen-bond acceptors (Lipinski definition) is 2. The summed E-state index contributed by atoms with van der Waals surface area (Å²) in [7, 11) is 0. The van der Waals surface area contributed by atoms with Crippen LogP contribution in [0.2, 0.25) is 0 Å². The lowest BCUT2D eigenvalue weighted by Gasteiger charge is -2.62. The number of benzene rings is 8. The molecule has 296 valence electrons. The maximum absolute atomic E-state index is 2.51. The van der Waals surface area contributed by atoms with Crippen LogP contribution >= 0.6 is 0 Å². The van der Waals surface area contributed by atoms with Crippen LogP contribution in [-0.2, 0) is 5.41 Å². The Labute approximate surface area is 359 Å². The van der Waals surface area contributed by atoms with Crippen molar-refractivity contribution in [1.29, 1.82) is 0 Å². The van der Waals surface area contributed by atoms with Crippen LogP contribution in [0.3, 0.4) is 0 Å². The molecule has 13 rings (SSSR count). The Kier molecular flexibility index (Phi) is 8.69. The third-order valence-electron chi connectivity index (χ3n) is 14.6. The van der Waals surface area contributed by atoms with Crippen LogP contribution in [0.25, 0.3) is 27.5 Å². The van der Waals surface area contributed by atoms with Crippen molar-refractivity contribution in [3.8, 4) is 5.69 Å². The molecule has 3 nitrogen and oxygen atoms in total. The topological polar surface area (TPSA) is 11.4 Å². The maximum Gasteiger partial charge on any atom is 0.0562 e. The van der Waals surface area contributed by atoms with Gasteiger partial charge in [-0.25, -0.2) is 0 Å². The molecule has 8 aromatic carbocycles. The molecule has 0 radical (unpaired) electrons. The van der Waals surface area contributed by atoms with Gasteiger partial charge in [-0.1, -0.05) is 121 Å². The van der Waals surface area contributed by atoms with Crippen LogP contribution in [0.5, 0.6) is 0 Å². The molecule has 4 aliphatic carbocycles. The molecule has 0 atom stereocenters. The van der Waals surface area contributed by atoms with Crippen molar-refractivity contribution < 1.29 is 0 Å². The van der Waals surface area contributed by atoms with E-state index in [0.29, 0.717) is 11.8 Å². The molecule has 4 fully saturated rings. The molecular weight excluding hydrogens is 739 g/mol. The predicted octanol–water partition coefficient (Wildman–Crippen LogP) is 15.5. The van der Waals surface area contributed by atoms with E-state index in [1.54, 1.807) is 0 Å². The van der Waals surface area contributed by atoms with Gasteiger partial charge in [-0.2, -0.15) is 0 Å². The van der Waals surface area contributed by atoms with E-state index >= 15 is 0 Å². The van der Waals surface area contributed by atoms with Gasteiger partial charge in [0.1, 0.15) is 0 Å². The normalized spacial score (nSPS) is 21.5. The predicted molar refractivity (Wildman–Crippen MR) is 254 cm³/mol. The third kappa shape index (κ3) is 5.85. The summed E-state index contributed by atoms with van der Waals surface area (Å²) in [4.78, 5) is 4.87. The van der Waals surface area contributed by atoms with E-state index in [-0.39, 0.29) is 5.41 Å². The van der Waals surface area contributed by atoms with Gasteiger partial charge in [0, 0.05) is 50.3 Å². The monoisotopic (exact) mass is 787 g/mol. The summed E-state index contributed by atoms with van der Waals surface area (Å²) < 4.78 is 2.42. The molecule has 4 saturated carbocycles. The van der Waals surface area contributed by atoms with Crippen LogP contribution < -0.4 is 9.80 Å². The minimum atomic E-state index is -0.0184. The molecule has 61 heavy (non-hydrogen) atoms. The summed E-state index contributed by atoms with van der Waals surface area (Å²) in [6.07, 6.45) is 6.77. The fraction of sp³-hybridized carbons (Fsp3) is 0.172. The Bertz CT molecular complexity index is 2890. The Morgan fingerprint density at radius 3 is 1.33 bits per heavy atom. The Hall–Kier alpha value is -6.84. The van der Waals surface area contributed by atoms with Crippen LogP contribution in [0, 0.1) is 23.7 Å². The number of fused-ring (bicyclic) bond motifs is 3. The first-order chi connectivity index (χ1) is 30.2. The molecule has 0 unspecified atom stereocenters.